The summed E-state index contributed by atoms with van der Waals surface area (Å²) in [4.78, 5) is 0. The maximum atomic E-state index is 2.43. The Hall–Kier alpha value is 0.0649. The number of hydrogen-bond acceptors (Lipinski definition) is 0. The van der Waals surface area contributed by atoms with Gasteiger partial charge in [0, 0.05) is 0 Å². The average Bonchev–Trinajstić information content (AvgIpc) is 2.14. The van der Waals surface area contributed by atoms with E-state index in [-0.39, 0.29) is 0 Å². The smallest absolute Gasteiger partial charge is 0.0861 e. The molecule has 0 spiro atoms. The van der Waals surface area contributed by atoms with Gasteiger partial charge in [0.25, 0.3) is 0 Å². The van der Waals surface area contributed by atoms with Gasteiger partial charge in [-0.25, -0.2) is 0 Å². The van der Waals surface area contributed by atoms with Crippen molar-refractivity contribution in [2.24, 2.45) is 17.8 Å². The van der Waals surface area contributed by atoms with Crippen molar-refractivity contribution in [3.8, 4) is 0 Å². The molecule has 0 N–H and O–H groups in total. The lowest BCUT2D eigenvalue weighted by atomic mass is 9.43. The van der Waals surface area contributed by atoms with Crippen LogP contribution in [0.5, 0.6) is 0 Å². The maximum absolute atomic E-state index is 2.43. The van der Waals surface area contributed by atoms with Gasteiger partial charge in [0.1, 0.15) is 6.71 Å². The molecule has 0 bridgehead atoms. The summed E-state index contributed by atoms with van der Waals surface area (Å²) in [6, 6.07) is 0. The first-order valence-corrected chi connectivity index (χ1v) is 6.95. The lowest BCUT2D eigenvalue weighted by Gasteiger charge is -2.18. The van der Waals surface area contributed by atoms with Crippen molar-refractivity contribution in [1.82, 2.24) is 0 Å². The molecule has 0 aromatic heterocycles. The van der Waals surface area contributed by atoms with Crippen molar-refractivity contribution in [2.45, 2.75) is 73.3 Å². The highest BCUT2D eigenvalue weighted by Crippen LogP contribution is 2.21. The first-order chi connectivity index (χ1) is 6.95. The van der Waals surface area contributed by atoms with E-state index in [2.05, 4.69) is 41.4 Å². The normalized spacial score (nSPS) is 15.4. The summed E-state index contributed by atoms with van der Waals surface area (Å²) < 4.78 is 0. The van der Waals surface area contributed by atoms with Crippen LogP contribution in [0, 0.1) is 17.8 Å². The second-order valence-electron chi connectivity index (χ2n) is 6.17. The van der Waals surface area contributed by atoms with E-state index in [4.69, 9.17) is 0 Å². The Kier molecular flexibility index (Phi) is 8.28. The van der Waals surface area contributed by atoms with E-state index in [0.29, 0.717) is 0 Å². The van der Waals surface area contributed by atoms with Gasteiger partial charge in [0.15, 0.2) is 0 Å². The van der Waals surface area contributed by atoms with Crippen LogP contribution >= 0.6 is 0 Å². The van der Waals surface area contributed by atoms with Gasteiger partial charge in [-0.1, -0.05) is 85.2 Å². The second kappa shape index (κ2) is 8.24. The van der Waals surface area contributed by atoms with Crippen LogP contribution in [0.2, 0.25) is 19.5 Å². The largest absolute Gasteiger partial charge is 0.137 e. The van der Waals surface area contributed by atoms with Crippen LogP contribution in [0.15, 0.2) is 0 Å². The third-order valence-corrected chi connectivity index (χ3v) is 3.54. The molecule has 90 valence electrons. The monoisotopic (exact) mass is 210 g/mol. The minimum atomic E-state index is 0.873. The summed E-state index contributed by atoms with van der Waals surface area (Å²) in [5.41, 5.74) is 0. The molecule has 0 aliphatic rings. The third kappa shape index (κ3) is 9.02. The van der Waals surface area contributed by atoms with E-state index in [1.807, 2.05) is 0 Å². The fraction of sp³-hybridized carbons (Fsp3) is 1.00. The topological polar surface area (TPSA) is 0 Å². The summed E-state index contributed by atoms with van der Waals surface area (Å²) >= 11 is 0. The lowest BCUT2D eigenvalue weighted by molar-refractivity contribution is 0.472. The van der Waals surface area contributed by atoms with Crippen molar-refractivity contribution >= 4 is 6.71 Å². The first-order valence-electron chi connectivity index (χ1n) is 6.95. The fourth-order valence-corrected chi connectivity index (χ4v) is 2.37. The fourth-order valence-electron chi connectivity index (χ4n) is 2.37. The maximum Gasteiger partial charge on any atom is 0.137 e. The van der Waals surface area contributed by atoms with E-state index in [1.165, 1.54) is 31.9 Å². The summed E-state index contributed by atoms with van der Waals surface area (Å²) in [5, 5.41) is 0. The van der Waals surface area contributed by atoms with Crippen LogP contribution in [-0.4, -0.2) is 6.71 Å². The minimum Gasteiger partial charge on any atom is -0.0861 e. The molecule has 0 aromatic rings. The van der Waals surface area contributed by atoms with Crippen LogP contribution in [0.1, 0.15) is 53.9 Å². The van der Waals surface area contributed by atoms with E-state index in [1.54, 1.807) is 0 Å². The summed E-state index contributed by atoms with van der Waals surface area (Å²) in [6.45, 7) is 15.1. The molecule has 0 saturated heterocycles. The SMILES string of the molecule is CCC(C)CB(C)CC(C)CCC(C)C. The first kappa shape index (κ1) is 15.1. The Morgan fingerprint density at radius 1 is 0.867 bits per heavy atom. The van der Waals surface area contributed by atoms with Gasteiger partial charge < -0.3 is 0 Å². The van der Waals surface area contributed by atoms with Gasteiger partial charge in [-0.2, -0.15) is 0 Å². The zero-order valence-electron chi connectivity index (χ0n) is 11.8. The van der Waals surface area contributed by atoms with Gasteiger partial charge in [0.2, 0.25) is 0 Å². The van der Waals surface area contributed by atoms with Gasteiger partial charge in [-0.15, -0.1) is 0 Å². The second-order valence-corrected chi connectivity index (χ2v) is 6.17. The number of rotatable bonds is 8. The molecular weight excluding hydrogens is 179 g/mol. The predicted octanol–water partition coefficient (Wildman–Crippen LogP) is 5.23. The number of hydrogen-bond donors (Lipinski definition) is 0. The average molecular weight is 210 g/mol. The molecule has 15 heavy (non-hydrogen) atoms. The van der Waals surface area contributed by atoms with Crippen LogP contribution < -0.4 is 0 Å². The molecular formula is C14H31B. The Morgan fingerprint density at radius 3 is 1.87 bits per heavy atom. The zero-order chi connectivity index (χ0) is 11.8. The Balaban J connectivity index is 3.61. The van der Waals surface area contributed by atoms with E-state index >= 15 is 0 Å². The third-order valence-electron chi connectivity index (χ3n) is 3.54. The highest BCUT2D eigenvalue weighted by molar-refractivity contribution is 6.57. The molecule has 0 rings (SSSR count). The Bertz CT molecular complexity index is 142. The molecule has 0 heterocycles. The van der Waals surface area contributed by atoms with Crippen molar-refractivity contribution in [3.63, 3.8) is 0 Å². The van der Waals surface area contributed by atoms with Gasteiger partial charge in [0.05, 0.1) is 0 Å². The molecule has 0 aromatic carbocycles. The van der Waals surface area contributed by atoms with E-state index in [0.717, 1.165) is 24.5 Å². The highest BCUT2D eigenvalue weighted by Gasteiger charge is 2.14. The molecule has 0 radical (unpaired) electrons. The molecule has 0 aliphatic carbocycles. The molecule has 0 saturated carbocycles. The van der Waals surface area contributed by atoms with Gasteiger partial charge >= 0.3 is 0 Å². The highest BCUT2D eigenvalue weighted by atomic mass is 14.1. The van der Waals surface area contributed by atoms with Gasteiger partial charge in [-0.05, 0) is 5.92 Å². The molecule has 2 unspecified atom stereocenters. The molecule has 0 nitrogen and oxygen atoms in total. The van der Waals surface area contributed by atoms with Gasteiger partial charge in [-0.3, -0.25) is 0 Å². The van der Waals surface area contributed by atoms with Crippen LogP contribution in [-0.2, 0) is 0 Å². The van der Waals surface area contributed by atoms with Crippen molar-refractivity contribution < 1.29 is 0 Å². The predicted molar refractivity (Wildman–Crippen MR) is 73.9 cm³/mol. The summed E-state index contributed by atoms with van der Waals surface area (Å²) in [5.74, 6) is 2.71. The zero-order valence-corrected chi connectivity index (χ0v) is 11.8. The summed E-state index contributed by atoms with van der Waals surface area (Å²) in [6.07, 6.45) is 7.00. The molecule has 0 fully saturated rings. The van der Waals surface area contributed by atoms with Crippen molar-refractivity contribution in [3.05, 3.63) is 0 Å². The van der Waals surface area contributed by atoms with E-state index in [9.17, 15) is 0 Å². The van der Waals surface area contributed by atoms with Crippen LogP contribution in [0.25, 0.3) is 0 Å². The lowest BCUT2D eigenvalue weighted by Crippen LogP contribution is -2.15. The van der Waals surface area contributed by atoms with Crippen molar-refractivity contribution in [1.29, 1.82) is 0 Å². The summed E-state index contributed by atoms with van der Waals surface area (Å²) in [7, 11) is 0. The van der Waals surface area contributed by atoms with Crippen LogP contribution in [0.4, 0.5) is 0 Å². The molecule has 2 atom stereocenters. The quantitative estimate of drug-likeness (QED) is 0.481. The molecule has 0 aliphatic heterocycles. The Labute approximate surface area is 98.3 Å². The standard InChI is InChI=1S/C14H31B/c1-7-13(4)10-15(6)11-14(5)9-8-12(2)3/h12-14H,7-11H2,1-6H3. The van der Waals surface area contributed by atoms with Crippen molar-refractivity contribution in [2.75, 3.05) is 0 Å². The Morgan fingerprint density at radius 2 is 1.40 bits per heavy atom. The molecule has 1 heteroatoms. The van der Waals surface area contributed by atoms with Crippen LogP contribution in [0.3, 0.4) is 0 Å². The van der Waals surface area contributed by atoms with E-state index < -0.39 is 0 Å². The minimum absolute atomic E-state index is 0.873. The molecule has 0 amide bonds.